The predicted octanol–water partition coefficient (Wildman–Crippen LogP) is 2.10. The Kier molecular flexibility index (Phi) is 1.38. The Morgan fingerprint density at radius 2 is 2.23 bits per heavy atom. The number of nitrogens with zero attached hydrogens (tertiary/aromatic N) is 2. The van der Waals surface area contributed by atoms with Gasteiger partial charge in [-0.25, -0.2) is 9.97 Å². The van der Waals surface area contributed by atoms with Crippen molar-refractivity contribution in [3.63, 3.8) is 0 Å². The summed E-state index contributed by atoms with van der Waals surface area (Å²) in [5, 5.41) is 1.60. The van der Waals surface area contributed by atoms with Crippen LogP contribution in [0.4, 0.5) is 0 Å². The lowest BCUT2D eigenvalue weighted by atomic mass is 10.2. The molecule has 0 amide bonds. The number of aromatic nitrogens is 3. The molecule has 0 saturated carbocycles. The molecule has 0 aliphatic heterocycles. The zero-order valence-electron chi connectivity index (χ0n) is 6.97. The SMILES string of the molecule is Clc1ncnc2[nH]c3c(c12)CCC3. The summed E-state index contributed by atoms with van der Waals surface area (Å²) in [4.78, 5) is 11.4. The van der Waals surface area contributed by atoms with E-state index in [-0.39, 0.29) is 0 Å². The third-order valence-electron chi connectivity index (χ3n) is 2.59. The summed E-state index contributed by atoms with van der Waals surface area (Å²) >= 11 is 6.01. The predicted molar refractivity (Wildman–Crippen MR) is 50.9 cm³/mol. The van der Waals surface area contributed by atoms with Crippen molar-refractivity contribution >= 4 is 22.6 Å². The minimum Gasteiger partial charge on any atom is -0.343 e. The Balaban J connectivity index is 2.46. The van der Waals surface area contributed by atoms with E-state index in [0.717, 1.165) is 23.9 Å². The zero-order chi connectivity index (χ0) is 8.84. The van der Waals surface area contributed by atoms with Crippen LogP contribution in [0.25, 0.3) is 11.0 Å². The van der Waals surface area contributed by atoms with Gasteiger partial charge in [0, 0.05) is 5.69 Å². The average molecular weight is 194 g/mol. The molecule has 0 spiro atoms. The maximum absolute atomic E-state index is 6.01. The minimum absolute atomic E-state index is 0.574. The van der Waals surface area contributed by atoms with Crippen molar-refractivity contribution in [2.45, 2.75) is 19.3 Å². The number of hydrogen-bond donors (Lipinski definition) is 1. The summed E-state index contributed by atoms with van der Waals surface area (Å²) < 4.78 is 0. The number of rotatable bonds is 0. The van der Waals surface area contributed by atoms with Crippen LogP contribution in [0.15, 0.2) is 6.33 Å². The molecule has 3 rings (SSSR count). The molecular formula is C9H8ClN3. The number of nitrogens with one attached hydrogen (secondary N) is 1. The van der Waals surface area contributed by atoms with Gasteiger partial charge in [0.1, 0.15) is 17.1 Å². The summed E-state index contributed by atoms with van der Waals surface area (Å²) in [7, 11) is 0. The van der Waals surface area contributed by atoms with Crippen molar-refractivity contribution in [1.82, 2.24) is 15.0 Å². The molecule has 1 N–H and O–H groups in total. The summed E-state index contributed by atoms with van der Waals surface area (Å²) in [5.41, 5.74) is 3.49. The van der Waals surface area contributed by atoms with Crippen LogP contribution in [0.1, 0.15) is 17.7 Å². The lowest BCUT2D eigenvalue weighted by Crippen LogP contribution is -1.83. The van der Waals surface area contributed by atoms with Crippen molar-refractivity contribution < 1.29 is 0 Å². The number of hydrogen-bond acceptors (Lipinski definition) is 2. The Labute approximate surface area is 80.2 Å². The first-order chi connectivity index (χ1) is 6.36. The lowest BCUT2D eigenvalue weighted by Gasteiger charge is -1.93. The van der Waals surface area contributed by atoms with Gasteiger partial charge in [-0.1, -0.05) is 11.6 Å². The van der Waals surface area contributed by atoms with Gasteiger partial charge in [0.2, 0.25) is 0 Å². The first-order valence-electron chi connectivity index (χ1n) is 4.36. The third kappa shape index (κ3) is 0.907. The van der Waals surface area contributed by atoms with Crippen molar-refractivity contribution in [3.8, 4) is 0 Å². The first kappa shape index (κ1) is 7.33. The van der Waals surface area contributed by atoms with Crippen LogP contribution in [-0.2, 0) is 12.8 Å². The van der Waals surface area contributed by atoms with Crippen LogP contribution >= 0.6 is 11.6 Å². The summed E-state index contributed by atoms with van der Waals surface area (Å²) in [6, 6.07) is 0. The van der Waals surface area contributed by atoms with E-state index in [1.807, 2.05) is 0 Å². The molecule has 0 bridgehead atoms. The first-order valence-corrected chi connectivity index (χ1v) is 4.74. The van der Waals surface area contributed by atoms with Crippen LogP contribution < -0.4 is 0 Å². The number of H-pyrrole nitrogens is 1. The summed E-state index contributed by atoms with van der Waals surface area (Å²) in [5.74, 6) is 0. The van der Waals surface area contributed by atoms with Gasteiger partial charge in [0.05, 0.1) is 5.39 Å². The highest BCUT2D eigenvalue weighted by atomic mass is 35.5. The van der Waals surface area contributed by atoms with Gasteiger partial charge < -0.3 is 4.98 Å². The Bertz CT molecular complexity index is 475. The molecule has 2 heterocycles. The molecule has 0 unspecified atom stereocenters. The van der Waals surface area contributed by atoms with Crippen molar-refractivity contribution in [2.75, 3.05) is 0 Å². The Morgan fingerprint density at radius 1 is 1.31 bits per heavy atom. The number of halogens is 1. The van der Waals surface area contributed by atoms with E-state index in [4.69, 9.17) is 11.6 Å². The quantitative estimate of drug-likeness (QED) is 0.651. The topological polar surface area (TPSA) is 41.6 Å². The van der Waals surface area contributed by atoms with Gasteiger partial charge in [-0.3, -0.25) is 0 Å². The van der Waals surface area contributed by atoms with Crippen LogP contribution in [0, 0.1) is 0 Å². The monoisotopic (exact) mass is 193 g/mol. The van der Waals surface area contributed by atoms with E-state index in [0.29, 0.717) is 5.15 Å². The van der Waals surface area contributed by atoms with Gasteiger partial charge in [0.25, 0.3) is 0 Å². The van der Waals surface area contributed by atoms with Gasteiger partial charge in [-0.05, 0) is 24.8 Å². The van der Waals surface area contributed by atoms with E-state index in [9.17, 15) is 0 Å². The largest absolute Gasteiger partial charge is 0.343 e. The second-order valence-electron chi connectivity index (χ2n) is 3.32. The van der Waals surface area contributed by atoms with Crippen LogP contribution in [-0.4, -0.2) is 15.0 Å². The molecule has 13 heavy (non-hydrogen) atoms. The van der Waals surface area contributed by atoms with E-state index < -0.39 is 0 Å². The summed E-state index contributed by atoms with van der Waals surface area (Å²) in [6.07, 6.45) is 4.92. The maximum atomic E-state index is 6.01. The zero-order valence-corrected chi connectivity index (χ0v) is 7.73. The van der Waals surface area contributed by atoms with E-state index in [2.05, 4.69) is 15.0 Å². The number of aromatic amines is 1. The molecule has 4 heteroatoms. The maximum Gasteiger partial charge on any atom is 0.142 e. The minimum atomic E-state index is 0.574. The lowest BCUT2D eigenvalue weighted by molar-refractivity contribution is 0.896. The van der Waals surface area contributed by atoms with E-state index in [1.165, 1.54) is 24.0 Å². The van der Waals surface area contributed by atoms with Crippen LogP contribution in [0.5, 0.6) is 0 Å². The molecule has 0 radical (unpaired) electrons. The molecule has 2 aromatic rings. The molecule has 1 aliphatic rings. The molecule has 0 saturated heterocycles. The van der Waals surface area contributed by atoms with Gasteiger partial charge in [-0.15, -0.1) is 0 Å². The van der Waals surface area contributed by atoms with Crippen molar-refractivity contribution in [3.05, 3.63) is 22.7 Å². The fourth-order valence-corrected chi connectivity index (χ4v) is 2.27. The molecule has 0 atom stereocenters. The third-order valence-corrected chi connectivity index (χ3v) is 2.88. The second kappa shape index (κ2) is 2.45. The molecular weight excluding hydrogens is 186 g/mol. The Hall–Kier alpha value is -1.09. The van der Waals surface area contributed by atoms with E-state index >= 15 is 0 Å². The highest BCUT2D eigenvalue weighted by Gasteiger charge is 2.19. The van der Waals surface area contributed by atoms with E-state index in [1.54, 1.807) is 0 Å². The molecule has 0 fully saturated rings. The molecule has 3 nitrogen and oxygen atoms in total. The molecule has 66 valence electrons. The highest BCUT2D eigenvalue weighted by molar-refractivity contribution is 6.34. The fourth-order valence-electron chi connectivity index (χ4n) is 2.03. The van der Waals surface area contributed by atoms with Gasteiger partial charge >= 0.3 is 0 Å². The Morgan fingerprint density at radius 3 is 3.15 bits per heavy atom. The van der Waals surface area contributed by atoms with Crippen LogP contribution in [0.2, 0.25) is 5.15 Å². The molecule has 2 aromatic heterocycles. The van der Waals surface area contributed by atoms with Crippen LogP contribution in [0.3, 0.4) is 0 Å². The molecule has 0 aromatic carbocycles. The normalized spacial score (nSPS) is 15.2. The van der Waals surface area contributed by atoms with Gasteiger partial charge in [-0.2, -0.15) is 0 Å². The average Bonchev–Trinajstić information content (AvgIpc) is 2.62. The number of aryl methyl sites for hydroxylation is 2. The smallest absolute Gasteiger partial charge is 0.142 e. The summed E-state index contributed by atoms with van der Waals surface area (Å²) in [6.45, 7) is 0. The standard InChI is InChI=1S/C9H8ClN3/c10-8-7-5-2-1-3-6(5)13-9(7)12-4-11-8/h4H,1-3H2,(H,11,12,13). The highest BCUT2D eigenvalue weighted by Crippen LogP contribution is 2.31. The second-order valence-corrected chi connectivity index (χ2v) is 3.68. The van der Waals surface area contributed by atoms with Gasteiger partial charge in [0.15, 0.2) is 0 Å². The van der Waals surface area contributed by atoms with Crippen molar-refractivity contribution in [1.29, 1.82) is 0 Å². The fraction of sp³-hybridized carbons (Fsp3) is 0.333. The molecule has 1 aliphatic carbocycles. The van der Waals surface area contributed by atoms with Crippen molar-refractivity contribution in [2.24, 2.45) is 0 Å². The number of fused-ring (bicyclic) bond motifs is 3.